The maximum absolute atomic E-state index is 14.3. The van der Waals surface area contributed by atoms with Gasteiger partial charge in [0.2, 0.25) is 17.7 Å². The van der Waals surface area contributed by atoms with Gasteiger partial charge in [-0.15, -0.1) is 0 Å². The predicted molar refractivity (Wildman–Crippen MR) is 201 cm³/mol. The van der Waals surface area contributed by atoms with Crippen molar-refractivity contribution in [3.8, 4) is 0 Å². The summed E-state index contributed by atoms with van der Waals surface area (Å²) < 4.78 is 24.8. The fourth-order valence-electron chi connectivity index (χ4n) is 7.60. The van der Waals surface area contributed by atoms with E-state index in [9.17, 15) is 29.1 Å². The van der Waals surface area contributed by atoms with Gasteiger partial charge in [0, 0.05) is 58.0 Å². The first-order valence-corrected chi connectivity index (χ1v) is 18.9. The normalized spacial score (nSPS) is 23.2. The molecule has 2 saturated heterocycles. The number of fused-ring (bicyclic) bond motifs is 2. The van der Waals surface area contributed by atoms with Crippen molar-refractivity contribution in [2.75, 3.05) is 27.2 Å². The van der Waals surface area contributed by atoms with Crippen LogP contribution in [-0.4, -0.2) is 114 Å². The van der Waals surface area contributed by atoms with E-state index < -0.39 is 59.6 Å². The van der Waals surface area contributed by atoms with Gasteiger partial charge in [-0.05, 0) is 81.0 Å². The second-order valence-corrected chi connectivity index (χ2v) is 15.9. The summed E-state index contributed by atoms with van der Waals surface area (Å²) in [6.45, 7) is 5.26. The number of carbonyl (C=O) groups is 5. The lowest BCUT2D eigenvalue weighted by molar-refractivity contribution is -0.172. The van der Waals surface area contributed by atoms with Crippen LogP contribution in [0.25, 0.3) is 6.08 Å². The summed E-state index contributed by atoms with van der Waals surface area (Å²) in [6, 6.07) is 13.2. The van der Waals surface area contributed by atoms with E-state index in [2.05, 4.69) is 5.32 Å². The van der Waals surface area contributed by atoms with E-state index >= 15 is 0 Å². The Labute approximate surface area is 321 Å². The number of nitrogens with zero attached hydrogens (tertiary/aromatic N) is 2. The molecule has 0 bridgehead atoms. The third-order valence-electron chi connectivity index (χ3n) is 10.2. The number of ether oxygens (including phenoxy) is 4. The van der Waals surface area contributed by atoms with Gasteiger partial charge >= 0.3 is 11.9 Å². The zero-order chi connectivity index (χ0) is 39.5. The van der Waals surface area contributed by atoms with Crippen LogP contribution < -0.4 is 5.32 Å². The van der Waals surface area contributed by atoms with Crippen LogP contribution in [0.1, 0.15) is 79.9 Å². The summed E-state index contributed by atoms with van der Waals surface area (Å²) in [5.74, 6) is -3.03. The van der Waals surface area contributed by atoms with Crippen LogP contribution in [0.15, 0.2) is 66.3 Å². The molecule has 294 valence electrons. The molecule has 2 N–H and O–H groups in total. The number of amides is 3. The van der Waals surface area contributed by atoms with Gasteiger partial charge in [-0.2, -0.15) is 0 Å². The molecule has 0 unspecified atom stereocenters. The van der Waals surface area contributed by atoms with Gasteiger partial charge < -0.3 is 39.2 Å². The SMILES string of the molecule is CN(C)C(=O)C=Cc1cccc(C(=O)O[C@@H]2CC(C(=O)N3CCC[C@@H]3C(=O)N[C@H](CO)CCC(=O)OC(C)(C)C)=C[C@H]3OC4(Cc5ccccc5C4)O[C@H]32)c1. The van der Waals surface area contributed by atoms with Gasteiger partial charge in [0.05, 0.1) is 18.2 Å². The van der Waals surface area contributed by atoms with Crippen LogP contribution in [0, 0.1) is 0 Å². The highest BCUT2D eigenvalue weighted by atomic mass is 16.8. The fourth-order valence-corrected chi connectivity index (χ4v) is 7.60. The average molecular weight is 758 g/mol. The van der Waals surface area contributed by atoms with Gasteiger partial charge in [-0.25, -0.2) is 4.79 Å². The molecule has 6 rings (SSSR count). The van der Waals surface area contributed by atoms with E-state index in [1.165, 1.54) is 15.9 Å². The number of rotatable bonds is 11. The monoisotopic (exact) mass is 757 g/mol. The molecular formula is C42H51N3O10. The largest absolute Gasteiger partial charge is 0.460 e. The van der Waals surface area contributed by atoms with Crippen molar-refractivity contribution in [3.05, 3.63) is 88.5 Å². The van der Waals surface area contributed by atoms with Crippen molar-refractivity contribution in [1.29, 1.82) is 0 Å². The van der Waals surface area contributed by atoms with Crippen molar-refractivity contribution in [3.63, 3.8) is 0 Å². The van der Waals surface area contributed by atoms with Crippen molar-refractivity contribution in [1.82, 2.24) is 15.1 Å². The number of hydrogen-bond acceptors (Lipinski definition) is 10. The highest BCUT2D eigenvalue weighted by Gasteiger charge is 2.55. The van der Waals surface area contributed by atoms with Gasteiger partial charge in [0.15, 0.2) is 5.79 Å². The maximum Gasteiger partial charge on any atom is 0.338 e. The number of esters is 2. The van der Waals surface area contributed by atoms with Crippen LogP contribution >= 0.6 is 0 Å². The molecule has 0 radical (unpaired) electrons. The first-order chi connectivity index (χ1) is 26.1. The second kappa shape index (κ2) is 16.5. The molecule has 1 spiro atoms. The molecule has 2 aliphatic heterocycles. The van der Waals surface area contributed by atoms with Gasteiger partial charge in [0.1, 0.15) is 30.0 Å². The molecule has 2 heterocycles. The number of hydrogen-bond donors (Lipinski definition) is 2. The molecule has 4 aliphatic rings. The van der Waals surface area contributed by atoms with Crippen molar-refractivity contribution >= 4 is 35.7 Å². The summed E-state index contributed by atoms with van der Waals surface area (Å²) >= 11 is 0. The van der Waals surface area contributed by atoms with Crippen molar-refractivity contribution < 1.29 is 48.0 Å². The smallest absolute Gasteiger partial charge is 0.338 e. The summed E-state index contributed by atoms with van der Waals surface area (Å²) in [4.78, 5) is 68.9. The number of aliphatic hydroxyl groups is 1. The van der Waals surface area contributed by atoms with E-state index in [0.717, 1.165) is 11.1 Å². The Bertz CT molecular complexity index is 1840. The Kier molecular flexibility index (Phi) is 11.9. The lowest BCUT2D eigenvalue weighted by Crippen LogP contribution is -2.51. The van der Waals surface area contributed by atoms with Crippen LogP contribution in [0.3, 0.4) is 0 Å². The summed E-state index contributed by atoms with van der Waals surface area (Å²) in [5.41, 5.74) is 2.80. The van der Waals surface area contributed by atoms with Gasteiger partial charge in [0.25, 0.3) is 0 Å². The molecule has 0 saturated carbocycles. The molecule has 2 aliphatic carbocycles. The Morgan fingerprint density at radius 3 is 2.45 bits per heavy atom. The Hall–Kier alpha value is -4.85. The Balaban J connectivity index is 1.19. The van der Waals surface area contributed by atoms with E-state index in [0.29, 0.717) is 43.4 Å². The predicted octanol–water partition coefficient (Wildman–Crippen LogP) is 3.51. The summed E-state index contributed by atoms with van der Waals surface area (Å²) in [7, 11) is 3.30. The minimum atomic E-state index is -0.989. The Morgan fingerprint density at radius 1 is 1.05 bits per heavy atom. The number of likely N-dealkylation sites (tertiary alicyclic amines) is 1. The third kappa shape index (κ3) is 9.52. The minimum Gasteiger partial charge on any atom is -0.460 e. The number of carbonyl (C=O) groups excluding carboxylic acids is 5. The second-order valence-electron chi connectivity index (χ2n) is 15.9. The first kappa shape index (κ1) is 39.8. The molecular weight excluding hydrogens is 706 g/mol. The number of likely N-dealkylation sites (N-methyl/N-ethyl adjacent to an activating group) is 1. The molecule has 3 amide bonds. The maximum atomic E-state index is 14.3. The zero-order valence-corrected chi connectivity index (χ0v) is 32.1. The average Bonchev–Trinajstić information content (AvgIpc) is 3.87. The highest BCUT2D eigenvalue weighted by Crippen LogP contribution is 2.45. The molecule has 2 fully saturated rings. The number of benzene rings is 2. The lowest BCUT2D eigenvalue weighted by atomic mass is 9.91. The highest BCUT2D eigenvalue weighted by molar-refractivity contribution is 5.98. The molecule has 2 aromatic carbocycles. The Morgan fingerprint density at radius 2 is 1.78 bits per heavy atom. The van der Waals surface area contributed by atoms with Crippen LogP contribution in [0.5, 0.6) is 0 Å². The van der Waals surface area contributed by atoms with E-state index in [1.54, 1.807) is 71.3 Å². The fraction of sp³-hybridized carbons (Fsp3) is 0.500. The van der Waals surface area contributed by atoms with Crippen LogP contribution in [-0.2, 0) is 51.0 Å². The standard InChI is InChI=1S/C42H51N3O10/c1-41(2,3)54-36(48)18-16-31(25-46)43-38(49)32-14-9-19-45(32)39(50)30-21-33(52-40(51)27-13-8-10-26(20-27)15-17-35(47)44(4)5)37-34(22-30)53-42(55-37)23-28-11-6-7-12-29(28)24-42/h6-8,10-13,15,17,20,22,31-34,37,46H,9,14,16,18-19,21,23-25H2,1-5H3,(H,43,49)/t31-,32+,33+,34+,37-/m0/s1. The molecule has 55 heavy (non-hydrogen) atoms. The number of aliphatic hydroxyl groups excluding tert-OH is 1. The van der Waals surface area contributed by atoms with Crippen molar-refractivity contribution in [2.24, 2.45) is 0 Å². The molecule has 5 atom stereocenters. The van der Waals surface area contributed by atoms with E-state index in [4.69, 9.17) is 18.9 Å². The summed E-state index contributed by atoms with van der Waals surface area (Å²) in [6.07, 6.45) is 4.75. The molecule has 2 aromatic rings. The van der Waals surface area contributed by atoms with Crippen LogP contribution in [0.4, 0.5) is 0 Å². The minimum absolute atomic E-state index is 0.0113. The van der Waals surface area contributed by atoms with E-state index in [-0.39, 0.29) is 43.2 Å². The molecule has 13 nitrogen and oxygen atoms in total. The lowest BCUT2D eigenvalue weighted by Gasteiger charge is -2.33. The topological polar surface area (TPSA) is 161 Å². The van der Waals surface area contributed by atoms with E-state index in [1.807, 2.05) is 24.3 Å². The quantitative estimate of drug-likeness (QED) is 0.257. The summed E-state index contributed by atoms with van der Waals surface area (Å²) in [5, 5.41) is 12.8. The third-order valence-corrected chi connectivity index (χ3v) is 10.2. The molecule has 0 aromatic heterocycles. The van der Waals surface area contributed by atoms with Gasteiger partial charge in [-0.1, -0.05) is 36.4 Å². The number of nitrogens with one attached hydrogen (secondary N) is 1. The molecule has 13 heteroatoms. The van der Waals surface area contributed by atoms with Crippen molar-refractivity contribution in [2.45, 2.75) is 108 Å². The van der Waals surface area contributed by atoms with Gasteiger partial charge in [-0.3, -0.25) is 19.2 Å². The van der Waals surface area contributed by atoms with Crippen LogP contribution in [0.2, 0.25) is 0 Å². The zero-order valence-electron chi connectivity index (χ0n) is 32.1. The first-order valence-electron chi connectivity index (χ1n) is 18.9.